The van der Waals surface area contributed by atoms with Crippen LogP contribution in [0.5, 0.6) is 0 Å². The number of nitrogens with zero attached hydrogens (tertiary/aromatic N) is 4. The number of carbonyl (C=O) groups excluding carboxylic acids is 2. The summed E-state index contributed by atoms with van der Waals surface area (Å²) in [5.41, 5.74) is 0.386. The number of anilines is 1. The highest BCUT2D eigenvalue weighted by molar-refractivity contribution is 6.22. The minimum Gasteiger partial charge on any atom is -0.267 e. The zero-order valence-corrected chi connectivity index (χ0v) is 15.2. The van der Waals surface area contributed by atoms with E-state index < -0.39 is 11.0 Å². The van der Waals surface area contributed by atoms with Gasteiger partial charge in [-0.1, -0.05) is 24.3 Å². The summed E-state index contributed by atoms with van der Waals surface area (Å²) >= 11 is 0. The molecule has 142 valence electrons. The van der Waals surface area contributed by atoms with Gasteiger partial charge in [0.15, 0.2) is 6.04 Å². The van der Waals surface area contributed by atoms with Gasteiger partial charge >= 0.3 is 6.03 Å². The first kappa shape index (κ1) is 17.0. The molecule has 2 aromatic carbocycles. The van der Waals surface area contributed by atoms with Crippen LogP contribution in [0.1, 0.15) is 6.42 Å². The van der Waals surface area contributed by atoms with Crippen LogP contribution in [0.2, 0.25) is 0 Å². The molecule has 3 heterocycles. The van der Waals surface area contributed by atoms with Crippen molar-refractivity contribution in [3.8, 4) is 0 Å². The fourth-order valence-corrected chi connectivity index (χ4v) is 5.18. The van der Waals surface area contributed by atoms with Gasteiger partial charge in [-0.25, -0.2) is 14.2 Å². The summed E-state index contributed by atoms with van der Waals surface area (Å²) in [4.78, 5) is 41.3. The second kappa shape index (κ2) is 5.70. The molecule has 3 amide bonds. The summed E-state index contributed by atoms with van der Waals surface area (Å²) in [5.74, 6) is -0.222. The lowest BCUT2D eigenvalue weighted by molar-refractivity contribution is -0.861. The number of imide groups is 1. The second-order valence-corrected chi connectivity index (χ2v) is 7.66. The Morgan fingerprint density at radius 1 is 1.18 bits per heavy atom. The van der Waals surface area contributed by atoms with E-state index in [0.717, 1.165) is 6.54 Å². The molecular weight excluding hydrogens is 360 g/mol. The fourth-order valence-electron chi connectivity index (χ4n) is 5.18. The molecule has 3 aliphatic rings. The van der Waals surface area contributed by atoms with Crippen LogP contribution in [0.3, 0.4) is 0 Å². The van der Waals surface area contributed by atoms with Crippen LogP contribution in [0.4, 0.5) is 16.2 Å². The number of hydrogen-bond acceptors (Lipinski definition) is 5. The van der Waals surface area contributed by atoms with E-state index in [4.69, 9.17) is 0 Å². The highest BCUT2D eigenvalue weighted by Crippen LogP contribution is 2.46. The predicted octanol–water partition coefficient (Wildman–Crippen LogP) is 2.63. The fraction of sp³-hybridized carbons (Fsp3) is 0.300. The number of hydrogen-bond donors (Lipinski definition) is 0. The van der Waals surface area contributed by atoms with E-state index in [-0.39, 0.29) is 28.2 Å². The second-order valence-electron chi connectivity index (χ2n) is 7.66. The first-order chi connectivity index (χ1) is 13.5. The highest BCUT2D eigenvalue weighted by atomic mass is 16.6. The van der Waals surface area contributed by atoms with Crippen molar-refractivity contribution in [3.63, 3.8) is 0 Å². The smallest absolute Gasteiger partial charge is 0.267 e. The van der Waals surface area contributed by atoms with E-state index in [1.807, 2.05) is 0 Å². The molecule has 4 atom stereocenters. The van der Waals surface area contributed by atoms with Gasteiger partial charge in [-0.05, 0) is 12.1 Å². The van der Waals surface area contributed by atoms with E-state index in [1.54, 1.807) is 30.3 Å². The highest BCUT2D eigenvalue weighted by Gasteiger charge is 2.71. The Labute approximate surface area is 161 Å². The van der Waals surface area contributed by atoms with Crippen molar-refractivity contribution >= 4 is 34.1 Å². The van der Waals surface area contributed by atoms with Crippen molar-refractivity contribution in [2.45, 2.75) is 18.5 Å². The number of carbonyl (C=O) groups is 2. The molecule has 1 spiro atoms. The summed E-state index contributed by atoms with van der Waals surface area (Å²) in [6, 6.07) is 9.10. The standard InChI is InChI=1S/C20H19N4O4/c1-2-5-13-10-21-11-18-19(25)22(20(26)24(13,18)12-21)16-8-9-17(23(27)28)15-7-4-3-6-14(15)16/h2-4,6-9,13,18H,1,5,10-12H2/q+1. The molecule has 8 nitrogen and oxygen atoms in total. The number of quaternary nitrogens is 1. The van der Waals surface area contributed by atoms with Gasteiger partial charge in [-0.2, -0.15) is 4.90 Å². The summed E-state index contributed by atoms with van der Waals surface area (Å²) in [7, 11) is 0. The Hall–Kier alpha value is -3.10. The average Bonchev–Trinajstić information content (AvgIpc) is 3.30. The first-order valence-corrected chi connectivity index (χ1v) is 9.24. The maximum absolute atomic E-state index is 13.6. The number of piperazine rings is 1. The Morgan fingerprint density at radius 2 is 1.93 bits per heavy atom. The molecule has 0 radical (unpaired) electrons. The van der Waals surface area contributed by atoms with Gasteiger partial charge < -0.3 is 0 Å². The van der Waals surface area contributed by atoms with Crippen LogP contribution < -0.4 is 4.90 Å². The molecule has 0 aromatic heterocycles. The minimum absolute atomic E-state index is 0.0158. The average molecular weight is 379 g/mol. The lowest BCUT2D eigenvalue weighted by atomic mass is 10.1. The molecule has 8 heteroatoms. The summed E-state index contributed by atoms with van der Waals surface area (Å²) in [6.45, 7) is 5.68. The van der Waals surface area contributed by atoms with Crippen molar-refractivity contribution < 1.29 is 19.0 Å². The Morgan fingerprint density at radius 3 is 2.64 bits per heavy atom. The zero-order chi connectivity index (χ0) is 19.6. The number of amides is 3. The summed E-state index contributed by atoms with van der Waals surface area (Å²) in [6.07, 6.45) is 2.47. The summed E-state index contributed by atoms with van der Waals surface area (Å²) in [5, 5.41) is 12.3. The van der Waals surface area contributed by atoms with Gasteiger partial charge in [-0.15, -0.1) is 6.58 Å². The van der Waals surface area contributed by atoms with E-state index in [1.165, 1.54) is 17.0 Å². The molecule has 0 N–H and O–H groups in total. The quantitative estimate of drug-likeness (QED) is 0.268. The number of non-ortho nitro benzene ring substituents is 1. The lowest BCUT2D eigenvalue weighted by Gasteiger charge is -2.33. The SMILES string of the molecule is C=CCC1CN2CC3C(=O)N(c4ccc([N+](=O)[O-])c5ccccc45)C(=O)[N+]13C2. The van der Waals surface area contributed by atoms with Crippen LogP contribution in [-0.2, 0) is 4.79 Å². The molecule has 2 aromatic rings. The number of nitro benzene ring substituents is 1. The third-order valence-electron chi connectivity index (χ3n) is 6.35. The third kappa shape index (κ3) is 1.96. The normalized spacial score (nSPS) is 30.9. The van der Waals surface area contributed by atoms with Crippen molar-refractivity contribution in [2.24, 2.45) is 0 Å². The van der Waals surface area contributed by atoms with Gasteiger partial charge in [0.1, 0.15) is 12.7 Å². The van der Waals surface area contributed by atoms with Crippen LogP contribution >= 0.6 is 0 Å². The molecule has 3 saturated heterocycles. The van der Waals surface area contributed by atoms with Gasteiger partial charge in [0.25, 0.3) is 11.6 Å². The van der Waals surface area contributed by atoms with Crippen LogP contribution in [0, 0.1) is 10.1 Å². The minimum atomic E-state index is -0.446. The molecule has 0 aliphatic carbocycles. The zero-order valence-electron chi connectivity index (χ0n) is 15.2. The van der Waals surface area contributed by atoms with E-state index in [2.05, 4.69) is 11.5 Å². The molecule has 4 unspecified atom stereocenters. The molecule has 28 heavy (non-hydrogen) atoms. The largest absolute Gasteiger partial charge is 0.432 e. The Kier molecular flexibility index (Phi) is 3.47. The van der Waals surface area contributed by atoms with Crippen molar-refractivity contribution in [1.82, 2.24) is 4.90 Å². The molecule has 3 fully saturated rings. The monoisotopic (exact) mass is 379 g/mol. The van der Waals surface area contributed by atoms with Gasteiger partial charge in [0.05, 0.1) is 29.1 Å². The first-order valence-electron chi connectivity index (χ1n) is 9.24. The lowest BCUT2D eigenvalue weighted by Crippen LogP contribution is -2.59. The Balaban J connectivity index is 1.67. The molecule has 0 saturated carbocycles. The number of benzene rings is 2. The third-order valence-corrected chi connectivity index (χ3v) is 6.35. The number of urea groups is 1. The van der Waals surface area contributed by atoms with Gasteiger partial charge in [0.2, 0.25) is 0 Å². The van der Waals surface area contributed by atoms with E-state index in [0.29, 0.717) is 36.1 Å². The molecule has 3 aliphatic heterocycles. The topological polar surface area (TPSA) is 83.8 Å². The van der Waals surface area contributed by atoms with Crippen LogP contribution in [0.15, 0.2) is 49.1 Å². The maximum atomic E-state index is 13.6. The van der Waals surface area contributed by atoms with Gasteiger partial charge in [-0.3, -0.25) is 14.9 Å². The van der Waals surface area contributed by atoms with Crippen molar-refractivity contribution in [1.29, 1.82) is 0 Å². The van der Waals surface area contributed by atoms with Crippen LogP contribution in [-0.4, -0.2) is 58.1 Å². The maximum Gasteiger partial charge on any atom is 0.432 e. The number of rotatable bonds is 4. The Bertz CT molecular complexity index is 1070. The molecular formula is C20H19N4O4+. The predicted molar refractivity (Wildman–Crippen MR) is 103 cm³/mol. The van der Waals surface area contributed by atoms with E-state index in [9.17, 15) is 19.7 Å². The van der Waals surface area contributed by atoms with E-state index >= 15 is 0 Å². The van der Waals surface area contributed by atoms with Crippen LogP contribution in [0.25, 0.3) is 10.8 Å². The van der Waals surface area contributed by atoms with Crippen molar-refractivity contribution in [2.75, 3.05) is 24.7 Å². The molecule has 2 bridgehead atoms. The molecule has 5 rings (SSSR count). The van der Waals surface area contributed by atoms with Crippen molar-refractivity contribution in [3.05, 3.63) is 59.2 Å². The number of nitro groups is 1. The summed E-state index contributed by atoms with van der Waals surface area (Å²) < 4.78 is 0.121. The number of fused-ring (bicyclic) bond motifs is 2. The van der Waals surface area contributed by atoms with Gasteiger partial charge in [0, 0.05) is 17.9 Å².